The van der Waals surface area contributed by atoms with Gasteiger partial charge in [0.2, 0.25) is 0 Å². The number of aliphatic hydroxyl groups is 1. The quantitative estimate of drug-likeness (QED) is 0.716. The molecule has 1 aromatic rings. The van der Waals surface area contributed by atoms with Crippen molar-refractivity contribution < 1.29 is 9.50 Å². The summed E-state index contributed by atoms with van der Waals surface area (Å²) in [7, 11) is 0. The van der Waals surface area contributed by atoms with E-state index in [1.807, 2.05) is 0 Å². The number of thiol groups is 1. The molecule has 0 radical (unpaired) electrons. The van der Waals surface area contributed by atoms with Crippen LogP contribution in [0.5, 0.6) is 0 Å². The highest BCUT2D eigenvalue weighted by Gasteiger charge is 2.05. The van der Waals surface area contributed by atoms with Crippen molar-refractivity contribution in [1.29, 1.82) is 0 Å². The van der Waals surface area contributed by atoms with E-state index in [0.29, 0.717) is 6.42 Å². The number of benzene rings is 1. The Kier molecular flexibility index (Phi) is 4.25. The van der Waals surface area contributed by atoms with Gasteiger partial charge in [0.25, 0.3) is 0 Å². The lowest BCUT2D eigenvalue weighted by Crippen LogP contribution is -1.97. The number of aliphatic hydroxyl groups excluding tert-OH is 1. The summed E-state index contributed by atoms with van der Waals surface area (Å²) in [5, 5.41) is 9.59. The van der Waals surface area contributed by atoms with Gasteiger partial charge >= 0.3 is 0 Å². The van der Waals surface area contributed by atoms with Gasteiger partial charge < -0.3 is 5.11 Å². The Morgan fingerprint density at radius 1 is 1.31 bits per heavy atom. The molecule has 13 heavy (non-hydrogen) atoms. The van der Waals surface area contributed by atoms with Crippen molar-refractivity contribution in [1.82, 2.24) is 0 Å². The molecule has 0 aliphatic rings. The van der Waals surface area contributed by atoms with Crippen molar-refractivity contribution in [2.24, 2.45) is 0 Å². The molecule has 0 amide bonds. The van der Waals surface area contributed by atoms with E-state index in [2.05, 4.69) is 12.6 Å². The van der Waals surface area contributed by atoms with E-state index in [-0.39, 0.29) is 5.82 Å². The second-order valence-corrected chi connectivity index (χ2v) is 3.38. The highest BCUT2D eigenvalue weighted by Crippen LogP contribution is 2.18. The monoisotopic (exact) mass is 200 g/mol. The summed E-state index contributed by atoms with van der Waals surface area (Å²) in [6.45, 7) is 0. The summed E-state index contributed by atoms with van der Waals surface area (Å²) < 4.78 is 12.5. The molecule has 1 nitrogen and oxygen atoms in total. The second-order valence-electron chi connectivity index (χ2n) is 2.93. The summed E-state index contributed by atoms with van der Waals surface area (Å²) in [6, 6.07) is 5.94. The molecule has 0 heterocycles. The lowest BCUT2D eigenvalue weighted by atomic mass is 10.1. The standard InChI is InChI=1S/C10H13FOS/c11-9-5-3-8(4-6-9)10(12)2-1-7-13/h3-6,10,12-13H,1-2,7H2. The molecule has 0 aromatic heterocycles. The number of hydrogen-bond donors (Lipinski definition) is 2. The fraction of sp³-hybridized carbons (Fsp3) is 0.400. The first-order valence-electron chi connectivity index (χ1n) is 4.28. The molecule has 1 aromatic carbocycles. The maximum absolute atomic E-state index is 12.5. The first kappa shape index (κ1) is 10.5. The predicted molar refractivity (Wildman–Crippen MR) is 54.4 cm³/mol. The van der Waals surface area contributed by atoms with Gasteiger partial charge in [-0.3, -0.25) is 0 Å². The normalized spacial score (nSPS) is 12.8. The van der Waals surface area contributed by atoms with Crippen molar-refractivity contribution in [3.8, 4) is 0 Å². The molecular formula is C10H13FOS. The predicted octanol–water partition coefficient (Wildman–Crippen LogP) is 2.57. The van der Waals surface area contributed by atoms with Gasteiger partial charge in [0.05, 0.1) is 6.10 Å². The Labute approximate surface area is 83.0 Å². The van der Waals surface area contributed by atoms with Gasteiger partial charge in [-0.1, -0.05) is 12.1 Å². The van der Waals surface area contributed by atoms with Crippen LogP contribution in [0.4, 0.5) is 4.39 Å². The first-order valence-corrected chi connectivity index (χ1v) is 4.91. The molecule has 1 atom stereocenters. The molecule has 0 aliphatic heterocycles. The minimum Gasteiger partial charge on any atom is -0.388 e. The zero-order valence-corrected chi connectivity index (χ0v) is 8.17. The van der Waals surface area contributed by atoms with E-state index in [1.54, 1.807) is 12.1 Å². The van der Waals surface area contributed by atoms with E-state index in [9.17, 15) is 9.50 Å². The minimum atomic E-state index is -0.493. The van der Waals surface area contributed by atoms with Crippen molar-refractivity contribution in [3.63, 3.8) is 0 Å². The largest absolute Gasteiger partial charge is 0.388 e. The van der Waals surface area contributed by atoms with E-state index in [4.69, 9.17) is 0 Å². The van der Waals surface area contributed by atoms with Gasteiger partial charge in [0, 0.05) is 0 Å². The molecule has 0 aliphatic carbocycles. The van der Waals surface area contributed by atoms with Crippen LogP contribution in [0.1, 0.15) is 24.5 Å². The number of rotatable bonds is 4. The molecule has 3 heteroatoms. The highest BCUT2D eigenvalue weighted by molar-refractivity contribution is 7.80. The summed E-state index contributed by atoms with van der Waals surface area (Å²) >= 11 is 4.05. The Balaban J connectivity index is 2.55. The molecular weight excluding hydrogens is 187 g/mol. The van der Waals surface area contributed by atoms with Crippen molar-refractivity contribution >= 4 is 12.6 Å². The third-order valence-corrected chi connectivity index (χ3v) is 2.21. The molecule has 0 fully saturated rings. The molecule has 1 rings (SSSR count). The average molecular weight is 200 g/mol. The zero-order chi connectivity index (χ0) is 9.68. The smallest absolute Gasteiger partial charge is 0.123 e. The van der Waals surface area contributed by atoms with Crippen LogP contribution in [-0.4, -0.2) is 10.9 Å². The molecule has 1 unspecified atom stereocenters. The van der Waals surface area contributed by atoms with Gasteiger partial charge in [-0.15, -0.1) is 0 Å². The van der Waals surface area contributed by atoms with E-state index < -0.39 is 6.10 Å². The lowest BCUT2D eigenvalue weighted by Gasteiger charge is -2.09. The minimum absolute atomic E-state index is 0.273. The van der Waals surface area contributed by atoms with Crippen LogP contribution >= 0.6 is 12.6 Å². The van der Waals surface area contributed by atoms with E-state index >= 15 is 0 Å². The molecule has 1 N–H and O–H groups in total. The van der Waals surface area contributed by atoms with Crippen LogP contribution in [0.2, 0.25) is 0 Å². The van der Waals surface area contributed by atoms with Crippen LogP contribution < -0.4 is 0 Å². The maximum atomic E-state index is 12.5. The fourth-order valence-corrected chi connectivity index (χ4v) is 1.32. The van der Waals surface area contributed by atoms with Gasteiger partial charge in [0.15, 0.2) is 0 Å². The van der Waals surface area contributed by atoms with E-state index in [1.165, 1.54) is 12.1 Å². The Bertz CT molecular complexity index is 248. The molecule has 72 valence electrons. The van der Waals surface area contributed by atoms with Crippen molar-refractivity contribution in [2.75, 3.05) is 5.75 Å². The average Bonchev–Trinajstić information content (AvgIpc) is 2.15. The van der Waals surface area contributed by atoms with Crippen LogP contribution in [0.25, 0.3) is 0 Å². The van der Waals surface area contributed by atoms with Crippen molar-refractivity contribution in [2.45, 2.75) is 18.9 Å². The Morgan fingerprint density at radius 3 is 2.46 bits per heavy atom. The van der Waals surface area contributed by atoms with Crippen LogP contribution in [0.3, 0.4) is 0 Å². The van der Waals surface area contributed by atoms with Gasteiger partial charge in [0.1, 0.15) is 5.82 Å². The van der Waals surface area contributed by atoms with Gasteiger partial charge in [-0.05, 0) is 36.3 Å². The molecule has 0 bridgehead atoms. The Morgan fingerprint density at radius 2 is 1.92 bits per heavy atom. The highest BCUT2D eigenvalue weighted by atomic mass is 32.1. The summed E-state index contributed by atoms with van der Waals surface area (Å²) in [5.74, 6) is 0.489. The maximum Gasteiger partial charge on any atom is 0.123 e. The topological polar surface area (TPSA) is 20.2 Å². The summed E-state index contributed by atoms with van der Waals surface area (Å²) in [5.41, 5.74) is 0.767. The third kappa shape index (κ3) is 3.36. The van der Waals surface area contributed by atoms with E-state index in [0.717, 1.165) is 17.7 Å². The van der Waals surface area contributed by atoms with Crippen LogP contribution in [-0.2, 0) is 0 Å². The summed E-state index contributed by atoms with van der Waals surface area (Å²) in [6.07, 6.45) is 1.05. The van der Waals surface area contributed by atoms with Crippen LogP contribution in [0.15, 0.2) is 24.3 Å². The second kappa shape index (κ2) is 5.25. The molecule has 0 spiro atoms. The molecule has 0 saturated heterocycles. The molecule has 0 saturated carbocycles. The number of hydrogen-bond acceptors (Lipinski definition) is 2. The zero-order valence-electron chi connectivity index (χ0n) is 7.28. The van der Waals surface area contributed by atoms with Gasteiger partial charge in [-0.25, -0.2) is 4.39 Å². The summed E-state index contributed by atoms with van der Waals surface area (Å²) in [4.78, 5) is 0. The fourth-order valence-electron chi connectivity index (χ4n) is 1.14. The van der Waals surface area contributed by atoms with Gasteiger partial charge in [-0.2, -0.15) is 12.6 Å². The Hall–Kier alpha value is -0.540. The van der Waals surface area contributed by atoms with Crippen molar-refractivity contribution in [3.05, 3.63) is 35.6 Å². The lowest BCUT2D eigenvalue weighted by molar-refractivity contribution is 0.167. The van der Waals surface area contributed by atoms with Crippen LogP contribution in [0, 0.1) is 5.82 Å². The number of halogens is 1. The third-order valence-electron chi connectivity index (χ3n) is 1.89. The SMILES string of the molecule is OC(CCCS)c1ccc(F)cc1. The first-order chi connectivity index (χ1) is 6.24.